The lowest BCUT2D eigenvalue weighted by atomic mass is 10.0. The lowest BCUT2D eigenvalue weighted by molar-refractivity contribution is -0.120. The van der Waals surface area contributed by atoms with E-state index in [9.17, 15) is 14.4 Å². The summed E-state index contributed by atoms with van der Waals surface area (Å²) in [7, 11) is 3.91. The quantitative estimate of drug-likeness (QED) is 0.583. The van der Waals surface area contributed by atoms with Gasteiger partial charge in [0.2, 0.25) is 0 Å². The first-order valence-electron chi connectivity index (χ1n) is 10.7. The maximum atomic E-state index is 13.0. The van der Waals surface area contributed by atoms with Crippen molar-refractivity contribution in [1.82, 2.24) is 9.80 Å². The summed E-state index contributed by atoms with van der Waals surface area (Å²) in [6.45, 7) is 1.93. The number of likely N-dealkylation sites (tertiary alicyclic amines) is 1. The van der Waals surface area contributed by atoms with Gasteiger partial charge in [0.05, 0.1) is 10.7 Å². The molecular formula is C24H23Cl3N4O3. The fourth-order valence-electron chi connectivity index (χ4n) is 4.08. The summed E-state index contributed by atoms with van der Waals surface area (Å²) in [5, 5.41) is 3.15. The molecule has 2 aromatic carbocycles. The Bertz CT molecular complexity index is 1170. The molecule has 2 aliphatic heterocycles. The molecule has 10 heteroatoms. The minimum Gasteiger partial charge on any atom is -0.350 e. The van der Waals surface area contributed by atoms with Crippen LogP contribution in [0.5, 0.6) is 0 Å². The molecule has 2 aliphatic rings. The lowest BCUT2D eigenvalue weighted by Gasteiger charge is -2.35. The van der Waals surface area contributed by atoms with Crippen molar-refractivity contribution >= 4 is 63.9 Å². The zero-order valence-electron chi connectivity index (χ0n) is 18.6. The molecule has 1 fully saturated rings. The molecule has 0 aromatic heterocycles. The number of carbonyl (C=O) groups is 3. The number of hydrogen-bond donors (Lipinski definition) is 1. The highest BCUT2D eigenvalue weighted by molar-refractivity contribution is 6.54. The van der Waals surface area contributed by atoms with Crippen molar-refractivity contribution in [3.05, 3.63) is 68.8 Å². The predicted octanol–water partition coefficient (Wildman–Crippen LogP) is 4.60. The molecule has 0 aliphatic carbocycles. The van der Waals surface area contributed by atoms with E-state index >= 15 is 0 Å². The number of anilines is 2. The molecule has 0 atom stereocenters. The fraction of sp³-hybridized carbons (Fsp3) is 0.292. The number of imide groups is 1. The Labute approximate surface area is 212 Å². The Kier molecular flexibility index (Phi) is 7.19. The molecule has 7 nitrogen and oxygen atoms in total. The minimum absolute atomic E-state index is 0.0627. The summed E-state index contributed by atoms with van der Waals surface area (Å²) in [6.07, 6.45) is 1.88. The van der Waals surface area contributed by atoms with Gasteiger partial charge in [-0.05, 0) is 75.4 Å². The molecule has 3 amide bonds. The number of amides is 3. The smallest absolute Gasteiger partial charge is 0.283 e. The van der Waals surface area contributed by atoms with E-state index in [0.29, 0.717) is 16.3 Å². The van der Waals surface area contributed by atoms with Crippen LogP contribution in [-0.2, 0) is 9.59 Å². The van der Waals surface area contributed by atoms with Crippen LogP contribution in [0.15, 0.2) is 53.2 Å². The van der Waals surface area contributed by atoms with Gasteiger partial charge in [-0.3, -0.25) is 14.4 Å². The van der Waals surface area contributed by atoms with Crippen molar-refractivity contribution in [2.75, 3.05) is 37.4 Å². The Hall–Kier alpha value is -2.58. The maximum Gasteiger partial charge on any atom is 0.283 e. The molecule has 2 heterocycles. The van der Waals surface area contributed by atoms with Crippen LogP contribution in [0.4, 0.5) is 11.4 Å². The van der Waals surface area contributed by atoms with Gasteiger partial charge in [0, 0.05) is 29.4 Å². The Balaban J connectivity index is 1.48. The third-order valence-electron chi connectivity index (χ3n) is 6.13. The van der Waals surface area contributed by atoms with Gasteiger partial charge in [0.15, 0.2) is 0 Å². The topological polar surface area (TPSA) is 73.0 Å². The number of carbonyl (C=O) groups excluding carboxylic acids is 3. The van der Waals surface area contributed by atoms with E-state index in [4.69, 9.17) is 34.8 Å². The van der Waals surface area contributed by atoms with Crippen molar-refractivity contribution in [3.63, 3.8) is 0 Å². The molecule has 0 unspecified atom stereocenters. The summed E-state index contributed by atoms with van der Waals surface area (Å²) < 4.78 is 0. The standard InChI is InChI=1S/C24H23Cl3N4O3/c1-29-11-9-17(10-12-29)30(2)22(32)14-3-6-16(7-4-14)28-21-20(27)23(33)31(24(21)34)19-13-15(25)5-8-18(19)26/h3-8,13,17,28H,9-12H2,1-2H3. The number of hydrogen-bond acceptors (Lipinski definition) is 5. The molecule has 0 bridgehead atoms. The van der Waals surface area contributed by atoms with E-state index in [1.165, 1.54) is 12.1 Å². The van der Waals surface area contributed by atoms with E-state index in [1.54, 1.807) is 35.2 Å². The van der Waals surface area contributed by atoms with Crippen molar-refractivity contribution in [2.24, 2.45) is 0 Å². The summed E-state index contributed by atoms with van der Waals surface area (Å²) in [5.74, 6) is -1.42. The van der Waals surface area contributed by atoms with E-state index in [1.807, 2.05) is 7.05 Å². The lowest BCUT2D eigenvalue weighted by Crippen LogP contribution is -2.44. The predicted molar refractivity (Wildman–Crippen MR) is 135 cm³/mol. The second kappa shape index (κ2) is 9.96. The fourth-order valence-corrected chi connectivity index (χ4v) is 4.66. The van der Waals surface area contributed by atoms with Gasteiger partial charge in [-0.25, -0.2) is 4.90 Å². The largest absolute Gasteiger partial charge is 0.350 e. The first kappa shape index (κ1) is 24.5. The van der Waals surface area contributed by atoms with Crippen LogP contribution < -0.4 is 10.2 Å². The highest BCUT2D eigenvalue weighted by Gasteiger charge is 2.40. The van der Waals surface area contributed by atoms with Gasteiger partial charge in [0.25, 0.3) is 17.7 Å². The summed E-state index contributed by atoms with van der Waals surface area (Å²) in [5.41, 5.74) is 1.11. The van der Waals surface area contributed by atoms with Crippen LogP contribution in [-0.4, -0.2) is 60.7 Å². The number of nitrogens with zero attached hydrogens (tertiary/aromatic N) is 3. The van der Waals surface area contributed by atoms with Crippen LogP contribution in [0.3, 0.4) is 0 Å². The van der Waals surface area contributed by atoms with E-state index in [2.05, 4.69) is 17.3 Å². The number of piperidine rings is 1. The number of rotatable bonds is 5. The van der Waals surface area contributed by atoms with Gasteiger partial charge in [0.1, 0.15) is 10.7 Å². The Morgan fingerprint density at radius 1 is 1.00 bits per heavy atom. The van der Waals surface area contributed by atoms with Crippen LogP contribution in [0, 0.1) is 0 Å². The highest BCUT2D eigenvalue weighted by atomic mass is 35.5. The van der Waals surface area contributed by atoms with Crippen molar-refractivity contribution in [3.8, 4) is 0 Å². The molecule has 34 heavy (non-hydrogen) atoms. The second-order valence-electron chi connectivity index (χ2n) is 8.38. The van der Waals surface area contributed by atoms with Gasteiger partial charge in [-0.2, -0.15) is 0 Å². The second-order valence-corrected chi connectivity index (χ2v) is 9.60. The van der Waals surface area contributed by atoms with Crippen molar-refractivity contribution in [1.29, 1.82) is 0 Å². The van der Waals surface area contributed by atoms with Crippen LogP contribution in [0.25, 0.3) is 0 Å². The molecule has 1 saturated heterocycles. The SMILES string of the molecule is CN1CCC(N(C)C(=O)c2ccc(NC3=C(Cl)C(=O)N(c4cc(Cl)ccc4Cl)C3=O)cc2)CC1. The normalized spacial score (nSPS) is 17.5. The van der Waals surface area contributed by atoms with Crippen LogP contribution in [0.2, 0.25) is 10.0 Å². The zero-order chi connectivity index (χ0) is 24.6. The Morgan fingerprint density at radius 2 is 1.65 bits per heavy atom. The first-order chi connectivity index (χ1) is 16.2. The molecule has 2 aromatic rings. The summed E-state index contributed by atoms with van der Waals surface area (Å²) >= 11 is 18.4. The number of halogens is 3. The average Bonchev–Trinajstić information content (AvgIpc) is 3.03. The molecule has 1 N–H and O–H groups in total. The summed E-state index contributed by atoms with van der Waals surface area (Å²) in [4.78, 5) is 43.5. The summed E-state index contributed by atoms with van der Waals surface area (Å²) in [6, 6.07) is 11.4. The van der Waals surface area contributed by atoms with Crippen LogP contribution in [0.1, 0.15) is 23.2 Å². The van der Waals surface area contributed by atoms with E-state index in [-0.39, 0.29) is 33.4 Å². The van der Waals surface area contributed by atoms with Crippen molar-refractivity contribution in [2.45, 2.75) is 18.9 Å². The van der Waals surface area contributed by atoms with Gasteiger partial charge < -0.3 is 15.1 Å². The maximum absolute atomic E-state index is 13.0. The number of benzene rings is 2. The molecular weight excluding hydrogens is 499 g/mol. The van der Waals surface area contributed by atoms with E-state index < -0.39 is 11.8 Å². The van der Waals surface area contributed by atoms with Crippen LogP contribution >= 0.6 is 34.8 Å². The third kappa shape index (κ3) is 4.79. The Morgan fingerprint density at radius 3 is 2.29 bits per heavy atom. The molecule has 0 saturated carbocycles. The highest BCUT2D eigenvalue weighted by Crippen LogP contribution is 2.35. The first-order valence-corrected chi connectivity index (χ1v) is 11.9. The monoisotopic (exact) mass is 520 g/mol. The van der Waals surface area contributed by atoms with Gasteiger partial charge in [-0.1, -0.05) is 34.8 Å². The van der Waals surface area contributed by atoms with Crippen molar-refractivity contribution < 1.29 is 14.4 Å². The number of nitrogens with one attached hydrogen (secondary N) is 1. The van der Waals surface area contributed by atoms with E-state index in [0.717, 1.165) is 30.8 Å². The third-order valence-corrected chi connectivity index (χ3v) is 7.04. The minimum atomic E-state index is -0.704. The zero-order valence-corrected chi connectivity index (χ0v) is 20.9. The van der Waals surface area contributed by atoms with Gasteiger partial charge >= 0.3 is 0 Å². The molecule has 0 radical (unpaired) electrons. The molecule has 4 rings (SSSR count). The molecule has 0 spiro atoms. The average molecular weight is 522 g/mol. The van der Waals surface area contributed by atoms with Gasteiger partial charge in [-0.15, -0.1) is 0 Å². The molecule has 178 valence electrons.